The van der Waals surface area contributed by atoms with E-state index in [0.29, 0.717) is 5.82 Å². The Morgan fingerprint density at radius 3 is 2.67 bits per heavy atom. The van der Waals surface area contributed by atoms with Crippen molar-refractivity contribution in [3.8, 4) is 0 Å². The van der Waals surface area contributed by atoms with E-state index in [1.807, 2.05) is 0 Å². The first-order chi connectivity index (χ1) is 5.09. The quantitative estimate of drug-likeness (QED) is 0.328. The van der Waals surface area contributed by atoms with Gasteiger partial charge < -0.3 is 11.2 Å². The molecule has 1 heterocycles. The lowest BCUT2D eigenvalue weighted by Crippen LogP contribution is -2.28. The first kappa shape index (κ1) is 10.4. The zero-order chi connectivity index (χ0) is 8.43. The summed E-state index contributed by atoms with van der Waals surface area (Å²) in [4.78, 5) is 16.8. The number of nitrogen functional groups attached to an aromatic ring is 1. The SMILES string of the molecule is CN(N)c1cc(=O)[nH]c(N)n1.O. The molecule has 0 unspecified atom stereocenters. The summed E-state index contributed by atoms with van der Waals surface area (Å²) < 4.78 is 0. The van der Waals surface area contributed by atoms with Gasteiger partial charge in [0.25, 0.3) is 5.56 Å². The van der Waals surface area contributed by atoms with Crippen LogP contribution in [-0.4, -0.2) is 22.5 Å². The number of aromatic amines is 1. The number of hydrazine groups is 1. The van der Waals surface area contributed by atoms with E-state index in [2.05, 4.69) is 9.97 Å². The van der Waals surface area contributed by atoms with Gasteiger partial charge in [0, 0.05) is 13.1 Å². The molecule has 1 aromatic heterocycles. The number of hydrogen-bond acceptors (Lipinski definition) is 5. The number of nitrogens with zero attached hydrogens (tertiary/aromatic N) is 2. The van der Waals surface area contributed by atoms with Gasteiger partial charge in [0.15, 0.2) is 5.82 Å². The van der Waals surface area contributed by atoms with Crippen molar-refractivity contribution in [3.63, 3.8) is 0 Å². The molecule has 7 heteroatoms. The average Bonchev–Trinajstić information content (AvgIpc) is 1.85. The summed E-state index contributed by atoms with van der Waals surface area (Å²) in [7, 11) is 1.57. The van der Waals surface area contributed by atoms with Gasteiger partial charge in [-0.05, 0) is 0 Å². The lowest BCUT2D eigenvalue weighted by Gasteiger charge is -2.09. The third kappa shape index (κ3) is 2.22. The number of anilines is 2. The maximum absolute atomic E-state index is 10.8. The largest absolute Gasteiger partial charge is 0.412 e. The second-order valence-corrected chi connectivity index (χ2v) is 2.10. The van der Waals surface area contributed by atoms with Crippen molar-refractivity contribution >= 4 is 11.8 Å². The number of H-pyrrole nitrogens is 1. The molecule has 68 valence electrons. The first-order valence-corrected chi connectivity index (χ1v) is 2.95. The molecule has 0 aliphatic heterocycles. The van der Waals surface area contributed by atoms with Crippen molar-refractivity contribution in [2.24, 2.45) is 5.84 Å². The van der Waals surface area contributed by atoms with Crippen molar-refractivity contribution in [2.45, 2.75) is 0 Å². The second-order valence-electron chi connectivity index (χ2n) is 2.10. The molecule has 7 N–H and O–H groups in total. The Kier molecular flexibility index (Phi) is 3.20. The molecule has 0 radical (unpaired) electrons. The Bertz CT molecular complexity index is 307. The molecule has 0 bridgehead atoms. The molecule has 0 aromatic carbocycles. The van der Waals surface area contributed by atoms with E-state index < -0.39 is 0 Å². The highest BCUT2D eigenvalue weighted by atomic mass is 16.1. The molecule has 0 aliphatic rings. The molecular formula is C5H11N5O2. The molecule has 0 saturated heterocycles. The zero-order valence-electron chi connectivity index (χ0n) is 6.53. The smallest absolute Gasteiger partial charge is 0.254 e. The van der Waals surface area contributed by atoms with Crippen molar-refractivity contribution in [2.75, 3.05) is 17.8 Å². The number of nitrogens with two attached hydrogens (primary N) is 2. The Balaban J connectivity index is 0.00000121. The highest BCUT2D eigenvalue weighted by Crippen LogP contribution is 2.00. The molecule has 1 aromatic rings. The zero-order valence-corrected chi connectivity index (χ0v) is 6.53. The Hall–Kier alpha value is -1.60. The summed E-state index contributed by atoms with van der Waals surface area (Å²) >= 11 is 0. The highest BCUT2D eigenvalue weighted by Gasteiger charge is 1.98. The summed E-state index contributed by atoms with van der Waals surface area (Å²) in [5, 5.41) is 1.21. The van der Waals surface area contributed by atoms with Gasteiger partial charge in [-0.2, -0.15) is 4.98 Å². The highest BCUT2D eigenvalue weighted by molar-refractivity contribution is 5.37. The standard InChI is InChI=1S/C5H9N5O.H2O/c1-10(7)3-2-4(11)9-5(6)8-3;/h2H,7H2,1H3,(H3,6,8,9,11);1H2. The molecular weight excluding hydrogens is 162 g/mol. The summed E-state index contributed by atoms with van der Waals surface area (Å²) in [6.45, 7) is 0. The summed E-state index contributed by atoms with van der Waals surface area (Å²) in [6, 6.07) is 1.26. The van der Waals surface area contributed by atoms with E-state index in [4.69, 9.17) is 11.6 Å². The van der Waals surface area contributed by atoms with Crippen molar-refractivity contribution < 1.29 is 5.48 Å². The van der Waals surface area contributed by atoms with Gasteiger partial charge in [-0.3, -0.25) is 14.8 Å². The normalized spacial score (nSPS) is 8.83. The molecule has 0 amide bonds. The third-order valence-corrected chi connectivity index (χ3v) is 1.11. The van der Waals surface area contributed by atoms with E-state index in [1.165, 1.54) is 11.1 Å². The molecule has 0 spiro atoms. The van der Waals surface area contributed by atoms with Crippen molar-refractivity contribution in [1.29, 1.82) is 0 Å². The summed E-state index contributed by atoms with van der Waals surface area (Å²) in [6.07, 6.45) is 0. The van der Waals surface area contributed by atoms with Crippen LogP contribution in [0.1, 0.15) is 0 Å². The van der Waals surface area contributed by atoms with Crippen LogP contribution >= 0.6 is 0 Å². The van der Waals surface area contributed by atoms with Crippen LogP contribution in [-0.2, 0) is 0 Å². The van der Waals surface area contributed by atoms with E-state index in [-0.39, 0.29) is 17.0 Å². The fourth-order valence-corrected chi connectivity index (χ4v) is 0.644. The average molecular weight is 173 g/mol. The van der Waals surface area contributed by atoms with Gasteiger partial charge in [0.1, 0.15) is 0 Å². The van der Waals surface area contributed by atoms with E-state index >= 15 is 0 Å². The fourth-order valence-electron chi connectivity index (χ4n) is 0.644. The molecule has 0 aliphatic carbocycles. The Labute approximate surface area is 68.3 Å². The minimum absolute atomic E-state index is 0. The van der Waals surface area contributed by atoms with E-state index in [1.54, 1.807) is 7.05 Å². The van der Waals surface area contributed by atoms with Crippen molar-refractivity contribution in [1.82, 2.24) is 9.97 Å². The van der Waals surface area contributed by atoms with E-state index in [9.17, 15) is 4.79 Å². The monoisotopic (exact) mass is 173 g/mol. The van der Waals surface area contributed by atoms with Gasteiger partial charge >= 0.3 is 0 Å². The van der Waals surface area contributed by atoms with Crippen LogP contribution in [0.3, 0.4) is 0 Å². The predicted octanol–water partition coefficient (Wildman–Crippen LogP) is -2.16. The van der Waals surface area contributed by atoms with Crippen LogP contribution in [0.4, 0.5) is 11.8 Å². The predicted molar refractivity (Wildman–Crippen MR) is 45.5 cm³/mol. The van der Waals surface area contributed by atoms with Crippen LogP contribution in [0, 0.1) is 0 Å². The van der Waals surface area contributed by atoms with Gasteiger partial charge in [0.05, 0.1) is 0 Å². The maximum atomic E-state index is 10.8. The third-order valence-electron chi connectivity index (χ3n) is 1.11. The molecule has 0 atom stereocenters. The molecule has 7 nitrogen and oxygen atoms in total. The summed E-state index contributed by atoms with van der Waals surface area (Å²) in [5.41, 5.74) is 4.93. The minimum Gasteiger partial charge on any atom is -0.412 e. The van der Waals surface area contributed by atoms with Crippen LogP contribution in [0.15, 0.2) is 10.9 Å². The number of nitrogens with one attached hydrogen (secondary N) is 1. The van der Waals surface area contributed by atoms with Crippen LogP contribution in [0.25, 0.3) is 0 Å². The minimum atomic E-state index is -0.315. The lowest BCUT2D eigenvalue weighted by molar-refractivity contribution is 0.824. The van der Waals surface area contributed by atoms with E-state index in [0.717, 1.165) is 0 Å². The fraction of sp³-hybridized carbons (Fsp3) is 0.200. The lowest BCUT2D eigenvalue weighted by atomic mass is 10.5. The number of rotatable bonds is 1. The van der Waals surface area contributed by atoms with Gasteiger partial charge in [-0.1, -0.05) is 0 Å². The number of aromatic nitrogens is 2. The van der Waals surface area contributed by atoms with Gasteiger partial charge in [-0.15, -0.1) is 0 Å². The summed E-state index contributed by atoms with van der Waals surface area (Å²) in [5.74, 6) is 5.71. The molecule has 12 heavy (non-hydrogen) atoms. The van der Waals surface area contributed by atoms with Crippen LogP contribution < -0.4 is 22.1 Å². The Morgan fingerprint density at radius 2 is 2.25 bits per heavy atom. The second kappa shape index (κ2) is 3.69. The first-order valence-electron chi connectivity index (χ1n) is 2.95. The van der Waals surface area contributed by atoms with Crippen LogP contribution in [0.5, 0.6) is 0 Å². The molecule has 0 saturated carbocycles. The van der Waals surface area contributed by atoms with Crippen LogP contribution in [0.2, 0.25) is 0 Å². The molecule has 0 fully saturated rings. The number of hydrogen-bond donors (Lipinski definition) is 3. The molecule has 1 rings (SSSR count). The van der Waals surface area contributed by atoms with Gasteiger partial charge in [-0.25, -0.2) is 5.84 Å². The topological polar surface area (TPSA) is 133 Å². The van der Waals surface area contributed by atoms with Gasteiger partial charge in [0.2, 0.25) is 5.95 Å². The van der Waals surface area contributed by atoms with Crippen molar-refractivity contribution in [3.05, 3.63) is 16.4 Å². The maximum Gasteiger partial charge on any atom is 0.254 e. The Morgan fingerprint density at radius 1 is 1.67 bits per heavy atom.